The monoisotopic (exact) mass is 328 g/mol. The Labute approximate surface area is 134 Å². The van der Waals surface area contributed by atoms with Crippen LogP contribution in [0.25, 0.3) is 0 Å². The van der Waals surface area contributed by atoms with Gasteiger partial charge in [0.15, 0.2) is 0 Å². The van der Waals surface area contributed by atoms with Crippen molar-refractivity contribution in [1.82, 2.24) is 10.6 Å². The van der Waals surface area contributed by atoms with Crippen molar-refractivity contribution in [3.8, 4) is 0 Å². The van der Waals surface area contributed by atoms with Gasteiger partial charge >= 0.3 is 6.18 Å². The molecule has 128 valence electrons. The van der Waals surface area contributed by atoms with Gasteiger partial charge in [-0.3, -0.25) is 4.79 Å². The summed E-state index contributed by atoms with van der Waals surface area (Å²) in [7, 11) is 0. The molecule has 0 radical (unpaired) electrons. The summed E-state index contributed by atoms with van der Waals surface area (Å²) >= 11 is 0. The molecule has 0 saturated carbocycles. The molecule has 6 heteroatoms. The Hall–Kier alpha value is -1.56. The molecule has 1 fully saturated rings. The maximum atomic E-state index is 12.8. The molecule has 0 aliphatic carbocycles. The molecule has 1 heterocycles. The zero-order valence-electron chi connectivity index (χ0n) is 13.5. The van der Waals surface area contributed by atoms with Crippen LogP contribution in [0.15, 0.2) is 24.3 Å². The Kier molecular flexibility index (Phi) is 5.34. The van der Waals surface area contributed by atoms with Gasteiger partial charge in [0.25, 0.3) is 0 Å². The van der Waals surface area contributed by atoms with E-state index >= 15 is 0 Å². The van der Waals surface area contributed by atoms with Crippen molar-refractivity contribution in [3.05, 3.63) is 35.4 Å². The molecule has 1 amide bonds. The van der Waals surface area contributed by atoms with Crippen LogP contribution in [-0.4, -0.2) is 25.0 Å². The summed E-state index contributed by atoms with van der Waals surface area (Å²) in [5.74, 6) is -0.0653. The smallest absolute Gasteiger partial charge is 0.355 e. The third-order valence-corrected chi connectivity index (χ3v) is 4.29. The minimum Gasteiger partial charge on any atom is -0.355 e. The van der Waals surface area contributed by atoms with E-state index in [4.69, 9.17) is 0 Å². The molecule has 1 atom stereocenters. The predicted molar refractivity (Wildman–Crippen MR) is 83.1 cm³/mol. The van der Waals surface area contributed by atoms with Gasteiger partial charge in [0.1, 0.15) is 0 Å². The van der Waals surface area contributed by atoms with E-state index in [1.165, 1.54) is 6.07 Å². The van der Waals surface area contributed by atoms with E-state index in [1.807, 2.05) is 13.8 Å². The average Bonchev–Trinajstić information content (AvgIpc) is 2.97. The lowest BCUT2D eigenvalue weighted by atomic mass is 9.83. The second-order valence-corrected chi connectivity index (χ2v) is 6.74. The quantitative estimate of drug-likeness (QED) is 0.871. The maximum absolute atomic E-state index is 12.8. The molecule has 1 saturated heterocycles. The standard InChI is InChI=1S/C17H23F3N2O/c1-16(2,11-22-15(23)10-14-7-4-8-21-14)12-5-3-6-13(9-12)17(18,19)20/h3,5-6,9,14,21H,4,7-8,10-11H2,1-2H3,(H,22,23). The lowest BCUT2D eigenvalue weighted by molar-refractivity contribution is -0.137. The van der Waals surface area contributed by atoms with Crippen LogP contribution in [0.1, 0.15) is 44.2 Å². The van der Waals surface area contributed by atoms with Crippen LogP contribution < -0.4 is 10.6 Å². The summed E-state index contributed by atoms with van der Waals surface area (Å²) < 4.78 is 38.5. The molecule has 2 rings (SSSR count). The van der Waals surface area contributed by atoms with Gasteiger partial charge in [0.05, 0.1) is 5.56 Å². The molecule has 1 aromatic carbocycles. The largest absolute Gasteiger partial charge is 0.416 e. The fourth-order valence-corrected chi connectivity index (χ4v) is 2.77. The lowest BCUT2D eigenvalue weighted by Crippen LogP contribution is -2.39. The highest BCUT2D eigenvalue weighted by Crippen LogP contribution is 2.32. The third-order valence-electron chi connectivity index (χ3n) is 4.29. The SMILES string of the molecule is CC(C)(CNC(=O)CC1CCCN1)c1cccc(C(F)(F)F)c1. The molecule has 2 N–H and O–H groups in total. The number of carbonyl (C=O) groups excluding carboxylic acids is 1. The van der Waals surface area contributed by atoms with E-state index in [1.54, 1.807) is 6.07 Å². The molecular formula is C17H23F3N2O. The zero-order valence-corrected chi connectivity index (χ0v) is 13.5. The fraction of sp³-hybridized carbons (Fsp3) is 0.588. The number of carbonyl (C=O) groups is 1. The van der Waals surface area contributed by atoms with Crippen molar-refractivity contribution < 1.29 is 18.0 Å². The van der Waals surface area contributed by atoms with Crippen molar-refractivity contribution in [2.24, 2.45) is 0 Å². The summed E-state index contributed by atoms with van der Waals surface area (Å²) in [4.78, 5) is 12.0. The number of halogens is 3. The Morgan fingerprint density at radius 3 is 2.61 bits per heavy atom. The van der Waals surface area contributed by atoms with Gasteiger partial charge in [-0.15, -0.1) is 0 Å². The molecule has 1 unspecified atom stereocenters. The molecule has 1 aromatic rings. The van der Waals surface area contributed by atoms with E-state index in [2.05, 4.69) is 10.6 Å². The van der Waals surface area contributed by atoms with Crippen molar-refractivity contribution >= 4 is 5.91 Å². The number of nitrogens with one attached hydrogen (secondary N) is 2. The summed E-state index contributed by atoms with van der Waals surface area (Å²) in [5, 5.41) is 6.10. The van der Waals surface area contributed by atoms with Gasteiger partial charge in [0.2, 0.25) is 5.91 Å². The van der Waals surface area contributed by atoms with Crippen molar-refractivity contribution in [2.45, 2.75) is 50.7 Å². The van der Waals surface area contributed by atoms with Crippen molar-refractivity contribution in [1.29, 1.82) is 0 Å². The average molecular weight is 328 g/mol. The summed E-state index contributed by atoms with van der Waals surface area (Å²) in [5.41, 5.74) is -0.670. The number of rotatable bonds is 5. The van der Waals surface area contributed by atoms with Crippen LogP contribution in [0.2, 0.25) is 0 Å². The van der Waals surface area contributed by atoms with Crippen LogP contribution in [0.3, 0.4) is 0 Å². The predicted octanol–water partition coefficient (Wildman–Crippen LogP) is 3.24. The van der Waals surface area contributed by atoms with Gasteiger partial charge in [-0.25, -0.2) is 0 Å². The summed E-state index contributed by atoms with van der Waals surface area (Å²) in [6.45, 7) is 4.90. The first-order valence-electron chi connectivity index (χ1n) is 7.86. The number of hydrogen-bond donors (Lipinski definition) is 2. The Bertz CT molecular complexity index is 549. The summed E-state index contributed by atoms with van der Waals surface area (Å²) in [6, 6.07) is 5.50. The maximum Gasteiger partial charge on any atom is 0.416 e. The van der Waals surface area contributed by atoms with Gasteiger partial charge in [-0.05, 0) is 31.0 Å². The summed E-state index contributed by atoms with van der Waals surface area (Å²) in [6.07, 6.45) is -1.87. The van der Waals surface area contributed by atoms with Crippen LogP contribution in [0.4, 0.5) is 13.2 Å². The Morgan fingerprint density at radius 2 is 2.00 bits per heavy atom. The minimum atomic E-state index is -4.36. The molecule has 1 aliphatic rings. The minimum absolute atomic E-state index is 0.0653. The first-order valence-corrected chi connectivity index (χ1v) is 7.86. The van der Waals surface area contributed by atoms with Crippen LogP contribution in [-0.2, 0) is 16.4 Å². The second kappa shape index (κ2) is 6.91. The van der Waals surface area contributed by atoms with Crippen LogP contribution in [0.5, 0.6) is 0 Å². The first-order chi connectivity index (χ1) is 10.7. The van der Waals surface area contributed by atoms with Crippen LogP contribution >= 0.6 is 0 Å². The molecule has 23 heavy (non-hydrogen) atoms. The molecular weight excluding hydrogens is 305 g/mol. The van der Waals surface area contributed by atoms with E-state index in [-0.39, 0.29) is 11.9 Å². The topological polar surface area (TPSA) is 41.1 Å². The highest BCUT2D eigenvalue weighted by atomic mass is 19.4. The number of alkyl halides is 3. The first kappa shape index (κ1) is 17.8. The zero-order chi connectivity index (χ0) is 17.1. The Balaban J connectivity index is 1.96. The van der Waals surface area contributed by atoms with E-state index in [0.29, 0.717) is 18.5 Å². The Morgan fingerprint density at radius 1 is 1.30 bits per heavy atom. The lowest BCUT2D eigenvalue weighted by Gasteiger charge is -2.27. The van der Waals surface area contributed by atoms with E-state index in [9.17, 15) is 18.0 Å². The highest BCUT2D eigenvalue weighted by Gasteiger charge is 2.32. The molecule has 0 spiro atoms. The van der Waals surface area contributed by atoms with Gasteiger partial charge in [0, 0.05) is 24.4 Å². The molecule has 1 aliphatic heterocycles. The number of hydrogen-bond acceptors (Lipinski definition) is 2. The third kappa shape index (κ3) is 4.96. The molecule has 3 nitrogen and oxygen atoms in total. The molecule has 0 bridgehead atoms. The highest BCUT2D eigenvalue weighted by molar-refractivity contribution is 5.76. The van der Waals surface area contributed by atoms with Crippen LogP contribution in [0, 0.1) is 0 Å². The number of benzene rings is 1. The normalized spacial score (nSPS) is 18.9. The molecule has 0 aromatic heterocycles. The number of amides is 1. The van der Waals surface area contributed by atoms with Gasteiger partial charge < -0.3 is 10.6 Å². The van der Waals surface area contributed by atoms with Gasteiger partial charge in [-0.1, -0.05) is 32.0 Å². The van der Waals surface area contributed by atoms with Crippen molar-refractivity contribution in [2.75, 3.05) is 13.1 Å². The van der Waals surface area contributed by atoms with E-state index < -0.39 is 17.2 Å². The second-order valence-electron chi connectivity index (χ2n) is 6.74. The fourth-order valence-electron chi connectivity index (χ4n) is 2.77. The van der Waals surface area contributed by atoms with Crippen molar-refractivity contribution in [3.63, 3.8) is 0 Å². The van der Waals surface area contributed by atoms with Gasteiger partial charge in [-0.2, -0.15) is 13.2 Å². The van der Waals surface area contributed by atoms with E-state index in [0.717, 1.165) is 31.5 Å².